The van der Waals surface area contributed by atoms with Gasteiger partial charge in [-0.1, -0.05) is 5.16 Å². The summed E-state index contributed by atoms with van der Waals surface area (Å²) >= 11 is 0. The minimum Gasteiger partial charge on any atom is -0.378 e. The van der Waals surface area contributed by atoms with Crippen molar-refractivity contribution in [2.45, 2.75) is 25.4 Å². The van der Waals surface area contributed by atoms with Gasteiger partial charge in [0.05, 0.1) is 6.10 Å². The first-order valence-electron chi connectivity index (χ1n) is 4.29. The van der Waals surface area contributed by atoms with Gasteiger partial charge < -0.3 is 9.26 Å². The monoisotopic (exact) mass is 184 g/mol. The molecule has 1 atom stereocenters. The Kier molecular flexibility index (Phi) is 2.42. The van der Waals surface area contributed by atoms with Gasteiger partial charge in [0, 0.05) is 13.0 Å². The Labute approximate surface area is 75.4 Å². The Balaban J connectivity index is 1.92. The highest BCUT2D eigenvalue weighted by Gasteiger charge is 2.18. The lowest BCUT2D eigenvalue weighted by Crippen LogP contribution is -2.10. The normalized spacial score (nSPS) is 22.1. The van der Waals surface area contributed by atoms with Gasteiger partial charge in [-0.05, 0) is 12.8 Å². The van der Waals surface area contributed by atoms with Crippen LogP contribution in [0, 0.1) is 0 Å². The highest BCUT2D eigenvalue weighted by molar-refractivity contribution is 5.14. The number of nitrogens with zero attached hydrogens (tertiary/aromatic N) is 2. The molecule has 0 spiro atoms. The van der Waals surface area contributed by atoms with Crippen molar-refractivity contribution < 1.29 is 9.26 Å². The van der Waals surface area contributed by atoms with E-state index in [1.54, 1.807) is 0 Å². The molecule has 6 heteroatoms. The average Bonchev–Trinajstić information content (AvgIpc) is 2.76. The van der Waals surface area contributed by atoms with Gasteiger partial charge >= 0.3 is 6.01 Å². The summed E-state index contributed by atoms with van der Waals surface area (Å²) in [7, 11) is 0. The van der Waals surface area contributed by atoms with Crippen LogP contribution in [0.25, 0.3) is 0 Å². The Morgan fingerprint density at radius 1 is 1.62 bits per heavy atom. The number of hydrogen-bond donors (Lipinski definition) is 2. The summed E-state index contributed by atoms with van der Waals surface area (Å²) in [6.45, 7) is 0.838. The molecule has 0 aliphatic carbocycles. The quantitative estimate of drug-likeness (QED) is 0.511. The Bertz CT molecular complexity index is 269. The summed E-state index contributed by atoms with van der Waals surface area (Å²) < 4.78 is 10.2. The van der Waals surface area contributed by atoms with Crippen molar-refractivity contribution in [2.24, 2.45) is 5.84 Å². The van der Waals surface area contributed by atoms with Crippen LogP contribution in [0.5, 0.6) is 0 Å². The van der Waals surface area contributed by atoms with Crippen LogP contribution >= 0.6 is 0 Å². The summed E-state index contributed by atoms with van der Waals surface area (Å²) in [6, 6.07) is 0.244. The smallest absolute Gasteiger partial charge is 0.335 e. The number of anilines is 1. The lowest BCUT2D eigenvalue weighted by molar-refractivity contribution is 0.109. The second-order valence-electron chi connectivity index (χ2n) is 3.00. The van der Waals surface area contributed by atoms with E-state index in [9.17, 15) is 0 Å². The third kappa shape index (κ3) is 1.96. The number of nitrogens with two attached hydrogens (primary N) is 1. The fourth-order valence-corrected chi connectivity index (χ4v) is 1.40. The number of ether oxygens (including phenoxy) is 1. The van der Waals surface area contributed by atoms with Gasteiger partial charge in [-0.2, -0.15) is 4.98 Å². The maximum Gasteiger partial charge on any atom is 0.335 e. The van der Waals surface area contributed by atoms with Crippen LogP contribution in [-0.2, 0) is 11.2 Å². The fraction of sp³-hybridized carbons (Fsp3) is 0.714. The Morgan fingerprint density at radius 2 is 2.54 bits per heavy atom. The predicted molar refractivity (Wildman–Crippen MR) is 44.8 cm³/mol. The minimum absolute atomic E-state index is 0.239. The zero-order chi connectivity index (χ0) is 9.10. The van der Waals surface area contributed by atoms with E-state index in [0.29, 0.717) is 12.2 Å². The molecule has 1 aromatic heterocycles. The number of nitrogen functional groups attached to an aromatic ring is 1. The molecule has 2 heterocycles. The fourth-order valence-electron chi connectivity index (χ4n) is 1.40. The molecule has 2 rings (SSSR count). The molecule has 13 heavy (non-hydrogen) atoms. The standard InChI is InChI=1S/C7H12N4O2/c8-10-7-9-6(11-13-7)4-5-2-1-3-12-5/h5H,1-4,8H2,(H,9,10,11). The maximum absolute atomic E-state index is 5.43. The largest absolute Gasteiger partial charge is 0.378 e. The van der Waals surface area contributed by atoms with E-state index in [1.807, 2.05) is 0 Å². The van der Waals surface area contributed by atoms with E-state index in [4.69, 9.17) is 15.1 Å². The molecule has 0 radical (unpaired) electrons. The summed E-state index contributed by atoms with van der Waals surface area (Å²) in [5.74, 6) is 5.73. The summed E-state index contributed by atoms with van der Waals surface area (Å²) in [5.41, 5.74) is 2.29. The number of hydrazine groups is 1. The van der Waals surface area contributed by atoms with Gasteiger partial charge in [-0.3, -0.25) is 5.43 Å². The molecule has 0 bridgehead atoms. The molecule has 0 amide bonds. The van der Waals surface area contributed by atoms with Crippen LogP contribution in [0.2, 0.25) is 0 Å². The van der Waals surface area contributed by atoms with E-state index in [0.717, 1.165) is 19.4 Å². The second-order valence-corrected chi connectivity index (χ2v) is 3.00. The topological polar surface area (TPSA) is 86.2 Å². The zero-order valence-corrected chi connectivity index (χ0v) is 7.19. The van der Waals surface area contributed by atoms with Crippen LogP contribution < -0.4 is 11.3 Å². The van der Waals surface area contributed by atoms with Crippen molar-refractivity contribution in [3.05, 3.63) is 5.82 Å². The van der Waals surface area contributed by atoms with Crippen molar-refractivity contribution in [1.82, 2.24) is 10.1 Å². The van der Waals surface area contributed by atoms with Crippen molar-refractivity contribution >= 4 is 6.01 Å². The molecule has 1 fully saturated rings. The first kappa shape index (κ1) is 8.46. The van der Waals surface area contributed by atoms with E-state index < -0.39 is 0 Å². The molecule has 72 valence electrons. The molecule has 1 aliphatic rings. The number of hydrogen-bond acceptors (Lipinski definition) is 6. The minimum atomic E-state index is 0.239. The molecule has 1 unspecified atom stereocenters. The molecule has 1 aliphatic heterocycles. The van der Waals surface area contributed by atoms with Crippen LogP contribution in [-0.4, -0.2) is 22.9 Å². The van der Waals surface area contributed by atoms with E-state index >= 15 is 0 Å². The highest BCUT2D eigenvalue weighted by atomic mass is 16.5. The number of nitrogens with one attached hydrogen (secondary N) is 1. The molecular weight excluding hydrogens is 172 g/mol. The number of rotatable bonds is 3. The molecule has 0 saturated carbocycles. The van der Waals surface area contributed by atoms with E-state index in [1.165, 1.54) is 0 Å². The second kappa shape index (κ2) is 3.71. The first-order valence-corrected chi connectivity index (χ1v) is 4.29. The highest BCUT2D eigenvalue weighted by Crippen LogP contribution is 2.16. The molecule has 1 aromatic rings. The van der Waals surface area contributed by atoms with Gasteiger partial charge in [-0.15, -0.1) is 0 Å². The first-order chi connectivity index (χ1) is 6.38. The van der Waals surface area contributed by atoms with Gasteiger partial charge in [0.25, 0.3) is 0 Å². The molecular formula is C7H12N4O2. The van der Waals surface area contributed by atoms with Gasteiger partial charge in [0.15, 0.2) is 5.82 Å². The van der Waals surface area contributed by atoms with Gasteiger partial charge in [0.1, 0.15) is 0 Å². The average molecular weight is 184 g/mol. The lowest BCUT2D eigenvalue weighted by Gasteiger charge is -2.03. The molecule has 3 N–H and O–H groups in total. The van der Waals surface area contributed by atoms with E-state index in [-0.39, 0.29) is 12.1 Å². The zero-order valence-electron chi connectivity index (χ0n) is 7.19. The van der Waals surface area contributed by atoms with Crippen molar-refractivity contribution in [2.75, 3.05) is 12.0 Å². The summed E-state index contributed by atoms with van der Waals surface area (Å²) in [4.78, 5) is 4.00. The van der Waals surface area contributed by atoms with Crippen molar-refractivity contribution in [3.63, 3.8) is 0 Å². The third-order valence-corrected chi connectivity index (χ3v) is 2.03. The molecule has 6 nitrogen and oxygen atoms in total. The summed E-state index contributed by atoms with van der Waals surface area (Å²) in [5, 5.41) is 3.74. The van der Waals surface area contributed by atoms with Gasteiger partial charge in [0.2, 0.25) is 0 Å². The lowest BCUT2D eigenvalue weighted by atomic mass is 10.2. The summed E-state index contributed by atoms with van der Waals surface area (Å²) in [6.07, 6.45) is 3.12. The third-order valence-electron chi connectivity index (χ3n) is 2.03. The van der Waals surface area contributed by atoms with Crippen molar-refractivity contribution in [3.8, 4) is 0 Å². The van der Waals surface area contributed by atoms with Crippen molar-refractivity contribution in [1.29, 1.82) is 0 Å². The maximum atomic E-state index is 5.43. The molecule has 0 aromatic carbocycles. The van der Waals surface area contributed by atoms with E-state index in [2.05, 4.69) is 15.6 Å². The van der Waals surface area contributed by atoms with Crippen LogP contribution in [0.3, 0.4) is 0 Å². The SMILES string of the molecule is NNc1nc(CC2CCCO2)no1. The predicted octanol–water partition coefficient (Wildman–Crippen LogP) is 0.0767. The van der Waals surface area contributed by atoms with Crippen LogP contribution in [0.1, 0.15) is 18.7 Å². The van der Waals surface area contributed by atoms with Gasteiger partial charge in [-0.25, -0.2) is 5.84 Å². The number of aromatic nitrogens is 2. The molecule has 1 saturated heterocycles. The Morgan fingerprint density at radius 3 is 3.15 bits per heavy atom. The Hall–Kier alpha value is -1.14. The van der Waals surface area contributed by atoms with Crippen LogP contribution in [0.15, 0.2) is 4.52 Å². The van der Waals surface area contributed by atoms with Crippen LogP contribution in [0.4, 0.5) is 6.01 Å².